The molecule has 0 bridgehead atoms. The summed E-state index contributed by atoms with van der Waals surface area (Å²) in [6, 6.07) is 12.0. The van der Waals surface area contributed by atoms with E-state index in [1.807, 2.05) is 0 Å². The van der Waals surface area contributed by atoms with Crippen LogP contribution >= 0.6 is 11.6 Å². The molecule has 1 aromatic heterocycles. The highest BCUT2D eigenvalue weighted by atomic mass is 35.5. The first-order chi connectivity index (χ1) is 14.2. The molecule has 1 heterocycles. The third-order valence-electron chi connectivity index (χ3n) is 4.45. The van der Waals surface area contributed by atoms with Crippen molar-refractivity contribution in [2.75, 3.05) is 7.05 Å². The van der Waals surface area contributed by atoms with E-state index in [9.17, 15) is 18.0 Å². The van der Waals surface area contributed by atoms with Gasteiger partial charge in [-0.15, -0.1) is 0 Å². The molecule has 1 amide bonds. The van der Waals surface area contributed by atoms with Crippen molar-refractivity contribution in [3.05, 3.63) is 70.6 Å². The van der Waals surface area contributed by atoms with Crippen molar-refractivity contribution in [1.82, 2.24) is 15.0 Å². The lowest BCUT2D eigenvalue weighted by Crippen LogP contribution is -2.26. The summed E-state index contributed by atoms with van der Waals surface area (Å²) in [6.07, 6.45) is -3.29. The van der Waals surface area contributed by atoms with E-state index >= 15 is 0 Å². The first-order valence-corrected chi connectivity index (χ1v) is 9.59. The summed E-state index contributed by atoms with van der Waals surface area (Å²) >= 11 is 5.86. The Hall–Kier alpha value is -2.87. The summed E-state index contributed by atoms with van der Waals surface area (Å²) < 4.78 is 43.6. The lowest BCUT2D eigenvalue weighted by molar-refractivity contribution is -0.137. The molecule has 30 heavy (non-hydrogen) atoms. The number of hydrogen-bond donors (Lipinski definition) is 0. The Morgan fingerprint density at radius 1 is 1.17 bits per heavy atom. The van der Waals surface area contributed by atoms with Crippen LogP contribution < -0.4 is 0 Å². The molecule has 0 aliphatic carbocycles. The summed E-state index contributed by atoms with van der Waals surface area (Å²) in [6.45, 7) is 0.101. The van der Waals surface area contributed by atoms with Crippen LogP contribution in [-0.4, -0.2) is 28.0 Å². The zero-order valence-corrected chi connectivity index (χ0v) is 16.9. The van der Waals surface area contributed by atoms with Crippen molar-refractivity contribution < 1.29 is 22.5 Å². The lowest BCUT2D eigenvalue weighted by atomic mass is 10.1. The number of rotatable bonds is 7. The van der Waals surface area contributed by atoms with E-state index in [0.29, 0.717) is 35.1 Å². The highest BCUT2D eigenvalue weighted by Gasteiger charge is 2.30. The van der Waals surface area contributed by atoms with Crippen LogP contribution in [0.4, 0.5) is 13.2 Å². The second-order valence-electron chi connectivity index (χ2n) is 6.82. The van der Waals surface area contributed by atoms with Crippen LogP contribution in [0.2, 0.25) is 5.02 Å². The number of carbonyl (C=O) groups excluding carboxylic acids is 1. The third-order valence-corrected chi connectivity index (χ3v) is 4.70. The number of carbonyl (C=O) groups is 1. The molecule has 0 saturated carbocycles. The number of amides is 1. The van der Waals surface area contributed by atoms with Gasteiger partial charge in [-0.25, -0.2) is 0 Å². The fourth-order valence-electron chi connectivity index (χ4n) is 2.86. The van der Waals surface area contributed by atoms with Gasteiger partial charge in [-0.3, -0.25) is 4.79 Å². The molecule has 0 fully saturated rings. The van der Waals surface area contributed by atoms with Gasteiger partial charge in [0.1, 0.15) is 0 Å². The number of halogens is 4. The van der Waals surface area contributed by atoms with Crippen molar-refractivity contribution in [2.45, 2.75) is 32.0 Å². The van der Waals surface area contributed by atoms with Gasteiger partial charge < -0.3 is 9.42 Å². The molecule has 0 spiro atoms. The maximum Gasteiger partial charge on any atom is 0.416 e. The van der Waals surface area contributed by atoms with Crippen LogP contribution in [0.15, 0.2) is 53.1 Å². The number of hydrogen-bond acceptors (Lipinski definition) is 4. The molecule has 0 saturated heterocycles. The molecular formula is C21H19ClF3N3O2. The van der Waals surface area contributed by atoms with Crippen LogP contribution in [0.5, 0.6) is 0 Å². The van der Waals surface area contributed by atoms with Crippen LogP contribution in [0, 0.1) is 0 Å². The molecule has 158 valence electrons. The summed E-state index contributed by atoms with van der Waals surface area (Å²) in [4.78, 5) is 18.0. The van der Waals surface area contributed by atoms with Crippen molar-refractivity contribution in [3.8, 4) is 11.4 Å². The topological polar surface area (TPSA) is 59.2 Å². The molecule has 0 aliphatic rings. The van der Waals surface area contributed by atoms with Crippen molar-refractivity contribution in [3.63, 3.8) is 0 Å². The van der Waals surface area contributed by atoms with E-state index in [0.717, 1.165) is 17.7 Å². The quantitative estimate of drug-likeness (QED) is 0.497. The smallest absolute Gasteiger partial charge is 0.341 e. The average Bonchev–Trinajstić information content (AvgIpc) is 3.17. The molecule has 2 aromatic carbocycles. The summed E-state index contributed by atoms with van der Waals surface area (Å²) in [5, 5.41) is 4.52. The van der Waals surface area contributed by atoms with E-state index in [1.165, 1.54) is 11.0 Å². The number of aryl methyl sites for hydroxylation is 1. The van der Waals surface area contributed by atoms with Crippen molar-refractivity contribution in [1.29, 1.82) is 0 Å². The van der Waals surface area contributed by atoms with Gasteiger partial charge in [0.2, 0.25) is 17.6 Å². The Morgan fingerprint density at radius 2 is 1.90 bits per heavy atom. The Morgan fingerprint density at radius 3 is 2.60 bits per heavy atom. The Labute approximate surface area is 176 Å². The second-order valence-corrected chi connectivity index (χ2v) is 7.26. The van der Waals surface area contributed by atoms with E-state index in [2.05, 4.69) is 10.1 Å². The summed E-state index contributed by atoms with van der Waals surface area (Å²) in [5.41, 5.74) is 0.463. The Kier molecular flexibility index (Phi) is 6.77. The number of alkyl halides is 3. The number of benzene rings is 2. The predicted octanol–water partition coefficient (Wildman–Crippen LogP) is 5.39. The molecule has 9 heteroatoms. The predicted molar refractivity (Wildman–Crippen MR) is 106 cm³/mol. The zero-order valence-electron chi connectivity index (χ0n) is 16.1. The van der Waals surface area contributed by atoms with Gasteiger partial charge in [0.25, 0.3) is 0 Å². The molecule has 0 N–H and O–H groups in total. The molecule has 3 rings (SSSR count). The molecule has 0 radical (unpaired) electrons. The van der Waals surface area contributed by atoms with E-state index in [-0.39, 0.29) is 18.9 Å². The minimum atomic E-state index is -4.41. The highest BCUT2D eigenvalue weighted by molar-refractivity contribution is 6.30. The Balaban J connectivity index is 1.49. The normalized spacial score (nSPS) is 11.5. The third kappa shape index (κ3) is 5.82. The lowest BCUT2D eigenvalue weighted by Gasteiger charge is -2.18. The minimum Gasteiger partial charge on any atom is -0.341 e. The van der Waals surface area contributed by atoms with Gasteiger partial charge in [0.05, 0.1) is 5.56 Å². The molecule has 0 atom stereocenters. The largest absolute Gasteiger partial charge is 0.416 e. The maximum atomic E-state index is 12.8. The second kappa shape index (κ2) is 9.30. The van der Waals surface area contributed by atoms with E-state index in [1.54, 1.807) is 37.4 Å². The first-order valence-electron chi connectivity index (χ1n) is 9.21. The first kappa shape index (κ1) is 21.8. The monoisotopic (exact) mass is 437 g/mol. The number of aromatic nitrogens is 2. The van der Waals surface area contributed by atoms with Crippen LogP contribution in [0.3, 0.4) is 0 Å². The molecule has 0 unspecified atom stereocenters. The van der Waals surface area contributed by atoms with Crippen LogP contribution in [0.1, 0.15) is 29.9 Å². The van der Waals surface area contributed by atoms with Gasteiger partial charge >= 0.3 is 6.18 Å². The van der Waals surface area contributed by atoms with Crippen LogP contribution in [0.25, 0.3) is 11.4 Å². The van der Waals surface area contributed by atoms with Crippen molar-refractivity contribution in [2.24, 2.45) is 0 Å². The SMILES string of the molecule is CN(Cc1cccc(C(F)(F)F)c1)C(=O)CCCc1nc(-c2ccc(Cl)cc2)no1. The minimum absolute atomic E-state index is 0.101. The fourth-order valence-corrected chi connectivity index (χ4v) is 2.99. The van der Waals surface area contributed by atoms with Gasteiger partial charge in [0, 0.05) is 37.0 Å². The van der Waals surface area contributed by atoms with E-state index in [4.69, 9.17) is 16.1 Å². The Bertz CT molecular complexity index is 1000. The zero-order chi connectivity index (χ0) is 21.7. The van der Waals surface area contributed by atoms with Gasteiger partial charge in [-0.1, -0.05) is 28.9 Å². The van der Waals surface area contributed by atoms with Gasteiger partial charge in [0.15, 0.2) is 0 Å². The summed E-state index contributed by atoms with van der Waals surface area (Å²) in [5.74, 6) is 0.674. The molecular weight excluding hydrogens is 419 g/mol. The maximum absolute atomic E-state index is 12.8. The molecule has 5 nitrogen and oxygen atoms in total. The number of nitrogens with zero attached hydrogens (tertiary/aromatic N) is 3. The summed E-state index contributed by atoms with van der Waals surface area (Å²) in [7, 11) is 1.56. The van der Waals surface area contributed by atoms with Gasteiger partial charge in [-0.05, 0) is 48.4 Å². The van der Waals surface area contributed by atoms with Gasteiger partial charge in [-0.2, -0.15) is 18.2 Å². The van der Waals surface area contributed by atoms with Crippen molar-refractivity contribution >= 4 is 17.5 Å². The highest BCUT2D eigenvalue weighted by Crippen LogP contribution is 2.29. The fraction of sp³-hybridized carbons (Fsp3) is 0.286. The standard InChI is InChI=1S/C21H19ClF3N3O2/c1-28(13-14-4-2-5-16(12-14)21(23,24)25)19(29)7-3-6-18-26-20(27-30-18)15-8-10-17(22)11-9-15/h2,4-5,8-12H,3,6-7,13H2,1H3. The van der Waals surface area contributed by atoms with E-state index < -0.39 is 11.7 Å². The average molecular weight is 438 g/mol. The molecule has 3 aromatic rings. The molecule has 0 aliphatic heterocycles. The van der Waals surface area contributed by atoms with Crippen LogP contribution in [-0.2, 0) is 23.9 Å².